The Kier molecular flexibility index (Phi) is 4.32. The summed E-state index contributed by atoms with van der Waals surface area (Å²) in [6.45, 7) is 0.205. The number of allylic oxidation sites excluding steroid dienone is 1. The number of cyclic esters (lactones) is 2. The fraction of sp³-hybridized carbons (Fsp3) is 0.600. The van der Waals surface area contributed by atoms with Gasteiger partial charge < -0.3 is 9.84 Å². The second kappa shape index (κ2) is 5.54. The Labute approximate surface area is 82.6 Å². The Morgan fingerprint density at radius 2 is 2.07 bits per heavy atom. The van der Waals surface area contributed by atoms with Gasteiger partial charge in [0.25, 0.3) is 0 Å². The zero-order valence-electron chi connectivity index (χ0n) is 7.99. The van der Waals surface area contributed by atoms with Crippen LogP contribution in [0.3, 0.4) is 0 Å². The molecule has 0 unspecified atom stereocenters. The maximum Gasteiger partial charge on any atom is 0.341 e. The molecule has 0 saturated carbocycles. The van der Waals surface area contributed by atoms with Crippen molar-refractivity contribution in [2.75, 3.05) is 6.61 Å². The lowest BCUT2D eigenvalue weighted by atomic mass is 10.1. The van der Waals surface area contributed by atoms with Crippen molar-refractivity contribution in [2.45, 2.75) is 32.1 Å². The molecular formula is C10H14O4. The first-order chi connectivity index (χ1) is 6.74. The first-order valence-corrected chi connectivity index (χ1v) is 4.79. The van der Waals surface area contributed by atoms with Crippen molar-refractivity contribution in [3.05, 3.63) is 11.6 Å². The molecule has 1 aliphatic rings. The average molecular weight is 198 g/mol. The lowest BCUT2D eigenvalue weighted by Crippen LogP contribution is -1.96. The summed E-state index contributed by atoms with van der Waals surface area (Å²) < 4.78 is 4.37. The van der Waals surface area contributed by atoms with Gasteiger partial charge in [-0.3, -0.25) is 4.79 Å². The predicted octanol–water partition coefficient (Wildman–Crippen LogP) is 0.939. The van der Waals surface area contributed by atoms with Crippen LogP contribution in [-0.2, 0) is 14.3 Å². The summed E-state index contributed by atoms with van der Waals surface area (Å²) in [5.41, 5.74) is 0.471. The van der Waals surface area contributed by atoms with Crippen LogP contribution < -0.4 is 0 Å². The molecule has 4 nitrogen and oxygen atoms in total. The molecular weight excluding hydrogens is 184 g/mol. The van der Waals surface area contributed by atoms with Gasteiger partial charge in [0.1, 0.15) is 0 Å². The van der Waals surface area contributed by atoms with E-state index in [0.717, 1.165) is 25.7 Å². The van der Waals surface area contributed by atoms with E-state index in [-0.39, 0.29) is 13.0 Å². The molecule has 1 saturated heterocycles. The summed E-state index contributed by atoms with van der Waals surface area (Å²) in [6, 6.07) is 0. The zero-order valence-corrected chi connectivity index (χ0v) is 7.99. The van der Waals surface area contributed by atoms with Gasteiger partial charge in [0.2, 0.25) is 0 Å². The molecule has 14 heavy (non-hydrogen) atoms. The number of esters is 2. The Morgan fingerprint density at radius 1 is 1.29 bits per heavy atom. The number of carbonyl (C=O) groups excluding carboxylic acids is 2. The first kappa shape index (κ1) is 10.9. The van der Waals surface area contributed by atoms with E-state index in [1.807, 2.05) is 0 Å². The van der Waals surface area contributed by atoms with Crippen molar-refractivity contribution in [1.29, 1.82) is 0 Å². The third kappa shape index (κ3) is 3.30. The molecule has 0 bridgehead atoms. The number of unbranched alkanes of at least 4 members (excludes halogenated alkanes) is 3. The fourth-order valence-electron chi connectivity index (χ4n) is 1.30. The van der Waals surface area contributed by atoms with Crippen molar-refractivity contribution < 1.29 is 19.4 Å². The molecule has 4 heteroatoms. The highest BCUT2D eigenvalue weighted by atomic mass is 16.6. The quantitative estimate of drug-likeness (QED) is 0.309. The zero-order chi connectivity index (χ0) is 10.4. The van der Waals surface area contributed by atoms with Crippen molar-refractivity contribution >= 4 is 11.9 Å². The second-order valence-corrected chi connectivity index (χ2v) is 3.24. The molecule has 0 atom stereocenters. The molecule has 0 aromatic carbocycles. The molecule has 1 heterocycles. The van der Waals surface area contributed by atoms with E-state index in [4.69, 9.17) is 5.11 Å². The number of aliphatic hydroxyl groups excluding tert-OH is 1. The minimum Gasteiger partial charge on any atom is -0.396 e. The van der Waals surface area contributed by atoms with Gasteiger partial charge in [-0.2, -0.15) is 0 Å². The highest BCUT2D eigenvalue weighted by Crippen LogP contribution is 2.16. The number of carbonyl (C=O) groups is 2. The molecule has 78 valence electrons. The summed E-state index contributed by atoms with van der Waals surface area (Å²) in [7, 11) is 0. The van der Waals surface area contributed by atoms with E-state index in [1.165, 1.54) is 0 Å². The highest BCUT2D eigenvalue weighted by molar-refractivity contribution is 6.05. The van der Waals surface area contributed by atoms with Gasteiger partial charge in [-0.05, 0) is 19.3 Å². The third-order valence-corrected chi connectivity index (χ3v) is 2.06. The second-order valence-electron chi connectivity index (χ2n) is 3.24. The fourth-order valence-corrected chi connectivity index (χ4v) is 1.30. The molecule has 0 amide bonds. The van der Waals surface area contributed by atoms with Crippen LogP contribution in [0.2, 0.25) is 0 Å². The normalized spacial score (nSPS) is 19.1. The number of rotatable bonds is 5. The van der Waals surface area contributed by atoms with Gasteiger partial charge in [-0.1, -0.05) is 12.5 Å². The minimum atomic E-state index is -0.503. The molecule has 0 spiro atoms. The van der Waals surface area contributed by atoms with E-state index >= 15 is 0 Å². The van der Waals surface area contributed by atoms with Crippen molar-refractivity contribution in [3.63, 3.8) is 0 Å². The molecule has 0 aromatic rings. The molecule has 0 aromatic heterocycles. The monoisotopic (exact) mass is 198 g/mol. The van der Waals surface area contributed by atoms with Crippen LogP contribution in [0.1, 0.15) is 32.1 Å². The minimum absolute atomic E-state index is 0.110. The summed E-state index contributed by atoms with van der Waals surface area (Å²) in [5.74, 6) is -0.964. The Bertz CT molecular complexity index is 255. The Morgan fingerprint density at radius 3 is 2.64 bits per heavy atom. The predicted molar refractivity (Wildman–Crippen MR) is 49.4 cm³/mol. The summed E-state index contributed by atoms with van der Waals surface area (Å²) in [4.78, 5) is 21.6. The third-order valence-electron chi connectivity index (χ3n) is 2.06. The summed E-state index contributed by atoms with van der Waals surface area (Å²) in [5, 5.41) is 8.52. The lowest BCUT2D eigenvalue weighted by Gasteiger charge is -1.94. The van der Waals surface area contributed by atoms with Crippen LogP contribution in [0.5, 0.6) is 0 Å². The van der Waals surface area contributed by atoms with Gasteiger partial charge in [0, 0.05) is 12.2 Å². The average Bonchev–Trinajstić information content (AvgIpc) is 2.45. The van der Waals surface area contributed by atoms with Crippen molar-refractivity contribution in [3.8, 4) is 0 Å². The van der Waals surface area contributed by atoms with E-state index in [1.54, 1.807) is 6.08 Å². The van der Waals surface area contributed by atoms with Crippen LogP contribution in [0.4, 0.5) is 0 Å². The van der Waals surface area contributed by atoms with E-state index in [9.17, 15) is 9.59 Å². The van der Waals surface area contributed by atoms with Crippen LogP contribution in [-0.4, -0.2) is 23.7 Å². The maximum absolute atomic E-state index is 11.0. The number of aliphatic hydroxyl groups is 1. The van der Waals surface area contributed by atoms with Gasteiger partial charge in [0.15, 0.2) is 0 Å². The Balaban J connectivity index is 2.24. The van der Waals surface area contributed by atoms with Crippen molar-refractivity contribution in [1.82, 2.24) is 0 Å². The molecule has 1 fully saturated rings. The molecule has 1 rings (SSSR count). The van der Waals surface area contributed by atoms with Crippen LogP contribution >= 0.6 is 0 Å². The van der Waals surface area contributed by atoms with Gasteiger partial charge >= 0.3 is 11.9 Å². The van der Waals surface area contributed by atoms with Crippen molar-refractivity contribution in [2.24, 2.45) is 0 Å². The van der Waals surface area contributed by atoms with Gasteiger partial charge in [-0.15, -0.1) is 0 Å². The number of ether oxygens (including phenoxy) is 1. The SMILES string of the molecule is O=C1C/C(=C/CCCCCO)C(=O)O1. The largest absolute Gasteiger partial charge is 0.396 e. The van der Waals surface area contributed by atoms with E-state index < -0.39 is 11.9 Å². The Hall–Kier alpha value is -1.16. The lowest BCUT2D eigenvalue weighted by molar-refractivity contribution is -0.151. The topological polar surface area (TPSA) is 63.6 Å². The molecule has 1 N–H and O–H groups in total. The standard InChI is InChI=1S/C10H14O4/c11-6-4-2-1-3-5-8-7-9(12)14-10(8)13/h5,11H,1-4,6-7H2/b8-5-. The van der Waals surface area contributed by atoms with E-state index in [0.29, 0.717) is 5.57 Å². The van der Waals surface area contributed by atoms with E-state index in [2.05, 4.69) is 4.74 Å². The highest BCUT2D eigenvalue weighted by Gasteiger charge is 2.26. The smallest absolute Gasteiger partial charge is 0.341 e. The van der Waals surface area contributed by atoms with Crippen LogP contribution in [0.15, 0.2) is 11.6 Å². The van der Waals surface area contributed by atoms with Crippen LogP contribution in [0, 0.1) is 0 Å². The number of hydrogen-bond donors (Lipinski definition) is 1. The summed E-state index contributed by atoms with van der Waals surface area (Å²) in [6.07, 6.45) is 5.27. The first-order valence-electron chi connectivity index (χ1n) is 4.79. The van der Waals surface area contributed by atoms with Gasteiger partial charge in [0.05, 0.1) is 6.42 Å². The molecule has 1 aliphatic heterocycles. The molecule has 0 aliphatic carbocycles. The summed E-state index contributed by atoms with van der Waals surface area (Å²) >= 11 is 0. The maximum atomic E-state index is 11.0. The molecule has 0 radical (unpaired) electrons. The van der Waals surface area contributed by atoms with Crippen LogP contribution in [0.25, 0.3) is 0 Å². The van der Waals surface area contributed by atoms with Gasteiger partial charge in [-0.25, -0.2) is 4.79 Å². The number of hydrogen-bond acceptors (Lipinski definition) is 4.